The smallest absolute Gasteiger partial charge is 0.264 e. The summed E-state index contributed by atoms with van der Waals surface area (Å²) < 4.78 is 42.8. The van der Waals surface area contributed by atoms with Gasteiger partial charge in [-0.1, -0.05) is 65.7 Å². The molecule has 1 atom stereocenters. The van der Waals surface area contributed by atoms with Crippen LogP contribution in [0.15, 0.2) is 82.2 Å². The number of hydrogen-bond acceptors (Lipinski definition) is 4. The molecule has 39 heavy (non-hydrogen) atoms. The fraction of sp³-hybridized carbons (Fsp3) is 0.310. The number of hydrogen-bond donors (Lipinski definition) is 1. The van der Waals surface area contributed by atoms with Gasteiger partial charge in [-0.05, 0) is 67.8 Å². The molecule has 0 heterocycles. The minimum Gasteiger partial charge on any atom is -0.354 e. The van der Waals surface area contributed by atoms with Gasteiger partial charge in [-0.2, -0.15) is 0 Å². The van der Waals surface area contributed by atoms with Crippen LogP contribution in [0.5, 0.6) is 0 Å². The van der Waals surface area contributed by atoms with E-state index in [1.165, 1.54) is 41.3 Å². The van der Waals surface area contributed by atoms with Crippen molar-refractivity contribution in [2.75, 3.05) is 17.4 Å². The van der Waals surface area contributed by atoms with E-state index in [9.17, 15) is 22.4 Å². The molecule has 0 fully saturated rings. The molecule has 0 aliphatic rings. The molecule has 0 aromatic heterocycles. The maximum Gasteiger partial charge on any atom is 0.264 e. The van der Waals surface area contributed by atoms with Gasteiger partial charge in [0.2, 0.25) is 11.8 Å². The van der Waals surface area contributed by atoms with E-state index in [4.69, 9.17) is 0 Å². The van der Waals surface area contributed by atoms with E-state index >= 15 is 0 Å². The number of halogens is 2. The minimum atomic E-state index is -4.15. The molecule has 3 rings (SSSR count). The first-order chi connectivity index (χ1) is 18.4. The average molecular weight is 619 g/mol. The zero-order valence-electron chi connectivity index (χ0n) is 22.4. The van der Waals surface area contributed by atoms with Crippen molar-refractivity contribution in [3.8, 4) is 0 Å². The van der Waals surface area contributed by atoms with E-state index < -0.39 is 34.3 Å². The largest absolute Gasteiger partial charge is 0.354 e. The lowest BCUT2D eigenvalue weighted by molar-refractivity contribution is -0.139. The third-order valence-electron chi connectivity index (χ3n) is 6.10. The Bertz CT molecular complexity index is 1400. The van der Waals surface area contributed by atoms with Crippen molar-refractivity contribution in [1.82, 2.24) is 10.2 Å². The van der Waals surface area contributed by atoms with Gasteiger partial charge in [0.25, 0.3) is 10.0 Å². The van der Waals surface area contributed by atoms with Crippen LogP contribution in [0.4, 0.5) is 10.1 Å². The molecule has 1 N–H and O–H groups in total. The SMILES string of the molecule is Cc1ccc(S(=O)(=O)N(CC(=O)N(Cc2ccc(F)cc2)[C@@H](C)C(=O)NCC(C)C)c2cccc(Br)c2)cc1. The van der Waals surface area contributed by atoms with Crippen molar-refractivity contribution in [2.24, 2.45) is 5.92 Å². The van der Waals surface area contributed by atoms with Crippen molar-refractivity contribution in [2.45, 2.75) is 45.2 Å². The Morgan fingerprint density at radius 1 is 0.974 bits per heavy atom. The molecule has 3 aromatic rings. The van der Waals surface area contributed by atoms with Gasteiger partial charge in [-0.3, -0.25) is 13.9 Å². The van der Waals surface area contributed by atoms with Crippen LogP contribution in [0.2, 0.25) is 0 Å². The van der Waals surface area contributed by atoms with E-state index in [2.05, 4.69) is 21.2 Å². The van der Waals surface area contributed by atoms with Crippen LogP contribution in [-0.4, -0.2) is 44.3 Å². The molecule has 10 heteroatoms. The second-order valence-corrected chi connectivity index (χ2v) is 12.5. The Balaban J connectivity index is 2.01. The maximum absolute atomic E-state index is 13.9. The van der Waals surface area contributed by atoms with E-state index in [0.29, 0.717) is 16.6 Å². The predicted molar refractivity (Wildman–Crippen MR) is 154 cm³/mol. The molecule has 0 unspecified atom stereocenters. The first kappa shape index (κ1) is 30.3. The quantitative estimate of drug-likeness (QED) is 0.317. The zero-order chi connectivity index (χ0) is 28.7. The Labute approximate surface area is 238 Å². The van der Waals surface area contributed by atoms with Crippen LogP contribution < -0.4 is 9.62 Å². The molecule has 7 nitrogen and oxygen atoms in total. The minimum absolute atomic E-state index is 0.00766. The van der Waals surface area contributed by atoms with Crippen LogP contribution in [-0.2, 0) is 26.2 Å². The standard InChI is InChI=1S/C29H33BrFN3O4S/c1-20(2)17-32-29(36)22(4)33(18-23-10-12-25(31)13-11-23)28(35)19-34(26-7-5-6-24(30)16-26)39(37,38)27-14-8-21(3)9-15-27/h5-16,20,22H,17-19H2,1-4H3,(H,32,36)/t22-/m0/s1. The molecule has 2 amide bonds. The van der Waals surface area contributed by atoms with Gasteiger partial charge in [-0.25, -0.2) is 12.8 Å². The lowest BCUT2D eigenvalue weighted by Crippen LogP contribution is -2.51. The highest BCUT2D eigenvalue weighted by molar-refractivity contribution is 9.10. The normalized spacial score (nSPS) is 12.2. The number of sulfonamides is 1. The summed E-state index contributed by atoms with van der Waals surface area (Å²) in [6.07, 6.45) is 0. The van der Waals surface area contributed by atoms with Crippen LogP contribution in [0.1, 0.15) is 31.9 Å². The van der Waals surface area contributed by atoms with Gasteiger partial charge in [0.1, 0.15) is 18.4 Å². The van der Waals surface area contributed by atoms with E-state index in [1.807, 2.05) is 20.8 Å². The summed E-state index contributed by atoms with van der Waals surface area (Å²) in [5, 5.41) is 2.84. The van der Waals surface area contributed by atoms with Crippen LogP contribution in [0.25, 0.3) is 0 Å². The molecule has 0 aliphatic carbocycles. The molecule has 0 saturated heterocycles. The molecule has 0 radical (unpaired) electrons. The molecular weight excluding hydrogens is 585 g/mol. The number of carbonyl (C=O) groups excluding carboxylic acids is 2. The number of carbonyl (C=O) groups is 2. The van der Waals surface area contributed by atoms with E-state index in [0.717, 1.165) is 9.87 Å². The number of anilines is 1. The van der Waals surface area contributed by atoms with Crippen molar-refractivity contribution in [1.29, 1.82) is 0 Å². The lowest BCUT2D eigenvalue weighted by atomic mass is 10.1. The van der Waals surface area contributed by atoms with Gasteiger partial charge in [-0.15, -0.1) is 0 Å². The molecule has 3 aromatic carbocycles. The molecule has 0 bridgehead atoms. The van der Waals surface area contributed by atoms with Crippen molar-refractivity contribution < 1.29 is 22.4 Å². The Morgan fingerprint density at radius 2 is 1.62 bits per heavy atom. The monoisotopic (exact) mass is 617 g/mol. The Morgan fingerprint density at radius 3 is 2.21 bits per heavy atom. The van der Waals surface area contributed by atoms with Crippen molar-refractivity contribution in [3.05, 3.63) is 94.2 Å². The predicted octanol–water partition coefficient (Wildman–Crippen LogP) is 5.28. The van der Waals surface area contributed by atoms with E-state index in [1.54, 1.807) is 43.3 Å². The molecule has 0 saturated carbocycles. The second-order valence-electron chi connectivity index (χ2n) is 9.77. The zero-order valence-corrected chi connectivity index (χ0v) is 24.8. The number of benzene rings is 3. The molecular formula is C29H33BrFN3O4S. The highest BCUT2D eigenvalue weighted by Crippen LogP contribution is 2.27. The summed E-state index contributed by atoms with van der Waals surface area (Å²) >= 11 is 3.38. The summed E-state index contributed by atoms with van der Waals surface area (Å²) in [6.45, 7) is 7.23. The highest BCUT2D eigenvalue weighted by atomic mass is 79.9. The Hall–Kier alpha value is -3.24. The first-order valence-corrected chi connectivity index (χ1v) is 14.8. The fourth-order valence-electron chi connectivity index (χ4n) is 3.82. The first-order valence-electron chi connectivity index (χ1n) is 12.5. The van der Waals surface area contributed by atoms with Gasteiger partial charge in [0.15, 0.2) is 0 Å². The summed E-state index contributed by atoms with van der Waals surface area (Å²) in [4.78, 5) is 28.2. The summed E-state index contributed by atoms with van der Waals surface area (Å²) in [7, 11) is -4.15. The number of aryl methyl sites for hydroxylation is 1. The maximum atomic E-state index is 13.9. The van der Waals surface area contributed by atoms with Crippen LogP contribution >= 0.6 is 15.9 Å². The highest BCUT2D eigenvalue weighted by Gasteiger charge is 2.32. The summed E-state index contributed by atoms with van der Waals surface area (Å²) in [5.41, 5.74) is 1.78. The van der Waals surface area contributed by atoms with Gasteiger partial charge >= 0.3 is 0 Å². The van der Waals surface area contributed by atoms with Crippen LogP contribution in [0, 0.1) is 18.7 Å². The number of nitrogens with one attached hydrogen (secondary N) is 1. The molecule has 0 spiro atoms. The topological polar surface area (TPSA) is 86.8 Å². The lowest BCUT2D eigenvalue weighted by Gasteiger charge is -2.32. The van der Waals surface area contributed by atoms with Gasteiger partial charge in [0, 0.05) is 17.6 Å². The number of rotatable bonds is 11. The molecule has 0 aliphatic heterocycles. The molecule has 208 valence electrons. The van der Waals surface area contributed by atoms with Gasteiger partial charge in [0.05, 0.1) is 10.6 Å². The van der Waals surface area contributed by atoms with Gasteiger partial charge < -0.3 is 10.2 Å². The third kappa shape index (κ3) is 8.12. The van der Waals surface area contributed by atoms with Crippen molar-refractivity contribution >= 4 is 43.5 Å². The third-order valence-corrected chi connectivity index (χ3v) is 8.38. The number of nitrogens with zero attached hydrogens (tertiary/aromatic N) is 2. The Kier molecular flexibility index (Phi) is 10.3. The number of amides is 2. The van der Waals surface area contributed by atoms with Crippen molar-refractivity contribution in [3.63, 3.8) is 0 Å². The van der Waals surface area contributed by atoms with E-state index in [-0.39, 0.29) is 29.0 Å². The summed E-state index contributed by atoms with van der Waals surface area (Å²) in [6, 6.07) is 17.7. The second kappa shape index (κ2) is 13.2. The van der Waals surface area contributed by atoms with Crippen LogP contribution in [0.3, 0.4) is 0 Å². The average Bonchev–Trinajstić information content (AvgIpc) is 2.89. The fourth-order valence-corrected chi connectivity index (χ4v) is 5.61. The summed E-state index contributed by atoms with van der Waals surface area (Å²) in [5.74, 6) is -1.17.